The highest BCUT2D eigenvalue weighted by atomic mass is 16.8. The quantitative estimate of drug-likeness (QED) is 0.0731. The fourth-order valence-corrected chi connectivity index (χ4v) is 15.0. The van der Waals surface area contributed by atoms with Crippen LogP contribution in [-0.2, 0) is 42.8 Å². The Balaban J connectivity index is 1.04. The number of fused-ring (bicyclic) bond motifs is 7. The lowest BCUT2D eigenvalue weighted by Crippen LogP contribution is -2.68. The van der Waals surface area contributed by atoms with Crippen LogP contribution >= 0.6 is 0 Å². The van der Waals surface area contributed by atoms with E-state index in [2.05, 4.69) is 33.8 Å². The number of carboxylic acids is 2. The van der Waals surface area contributed by atoms with Crippen LogP contribution in [0, 0.1) is 50.2 Å². The van der Waals surface area contributed by atoms with E-state index in [4.69, 9.17) is 28.4 Å². The summed E-state index contributed by atoms with van der Waals surface area (Å²) in [5.74, 6) is -3.97. The number of carbonyl (C=O) groups is 3. The van der Waals surface area contributed by atoms with Gasteiger partial charge in [-0.05, 0) is 111 Å². The number of allylic oxidation sites excluding steroid dienone is 2. The molecule has 0 aromatic rings. The molecule has 4 saturated carbocycles. The van der Waals surface area contributed by atoms with Crippen molar-refractivity contribution in [3.63, 3.8) is 0 Å². The van der Waals surface area contributed by atoms with Crippen LogP contribution in [0.4, 0.5) is 0 Å². The zero-order valence-electron chi connectivity index (χ0n) is 40.1. The van der Waals surface area contributed by atoms with Gasteiger partial charge in [0, 0.05) is 5.41 Å². The first-order valence-corrected chi connectivity index (χ1v) is 24.5. The highest BCUT2D eigenvalue weighted by Gasteiger charge is 2.70. The Morgan fingerprint density at radius 3 is 1.86 bits per heavy atom. The maximum atomic E-state index is 14.1. The number of carbonyl (C=O) groups excluding carboxylic acids is 1. The average Bonchev–Trinajstić information content (AvgIpc) is 3.30. The molecule has 12 N–H and O–H groups in total. The molecule has 25 atom stereocenters. The summed E-state index contributed by atoms with van der Waals surface area (Å²) in [4.78, 5) is 38.3. The van der Waals surface area contributed by atoms with E-state index in [0.29, 0.717) is 38.5 Å². The second kappa shape index (κ2) is 18.5. The summed E-state index contributed by atoms with van der Waals surface area (Å²) in [7, 11) is 0. The van der Waals surface area contributed by atoms with E-state index >= 15 is 0 Å². The molecule has 3 saturated heterocycles. The highest BCUT2D eigenvalue weighted by molar-refractivity contribution is 5.77. The molecular formula is C48H74O21. The minimum Gasteiger partial charge on any atom is -0.479 e. The van der Waals surface area contributed by atoms with Crippen LogP contribution in [0.3, 0.4) is 0 Å². The molecule has 0 amide bonds. The van der Waals surface area contributed by atoms with Crippen LogP contribution in [0.2, 0.25) is 0 Å². The third kappa shape index (κ3) is 8.21. The van der Waals surface area contributed by atoms with Gasteiger partial charge in [-0.25, -0.2) is 9.59 Å². The van der Waals surface area contributed by atoms with E-state index in [1.807, 2.05) is 13.8 Å². The first-order chi connectivity index (χ1) is 32.2. The standard InChI is InChI=1S/C48H74O21/c1-43-13-14-44(2,42(63)69-39-32(57)27(52)26(51)22(18-49)64-39)17-21(43)20-7-8-24-45(3)11-10-25(46(4,19-50)23(45)9-12-48(24,6)47(20,5)16-15-43)65-41-36(31(56)30(55)35(67-41)38(61)62)68-40-33(58)28(53)29(54)34(66-40)37(59)60/h7,21-36,39-41,49-58H,8-19H2,1-6H3,(H,59,60)(H,61,62). The van der Waals surface area contributed by atoms with Crippen molar-refractivity contribution in [1.82, 2.24) is 0 Å². The Morgan fingerprint density at radius 1 is 0.638 bits per heavy atom. The number of rotatable bonds is 10. The lowest BCUT2D eigenvalue weighted by molar-refractivity contribution is -0.372. The van der Waals surface area contributed by atoms with Gasteiger partial charge in [-0.15, -0.1) is 0 Å². The molecule has 25 unspecified atom stereocenters. The monoisotopic (exact) mass is 986 g/mol. The summed E-state index contributed by atoms with van der Waals surface area (Å²) >= 11 is 0. The van der Waals surface area contributed by atoms with Crippen molar-refractivity contribution in [3.05, 3.63) is 11.6 Å². The van der Waals surface area contributed by atoms with Crippen LogP contribution in [0.25, 0.3) is 0 Å². The van der Waals surface area contributed by atoms with E-state index in [0.717, 1.165) is 25.7 Å². The lowest BCUT2D eigenvalue weighted by Gasteiger charge is -2.71. The van der Waals surface area contributed by atoms with E-state index < -0.39 is 134 Å². The molecule has 21 nitrogen and oxygen atoms in total. The molecule has 3 aliphatic heterocycles. The van der Waals surface area contributed by atoms with Crippen molar-refractivity contribution in [2.45, 2.75) is 204 Å². The van der Waals surface area contributed by atoms with Gasteiger partial charge < -0.3 is 89.7 Å². The Bertz CT molecular complexity index is 1990. The summed E-state index contributed by atoms with van der Waals surface area (Å²) in [6.45, 7) is 12.0. The van der Waals surface area contributed by atoms with Gasteiger partial charge in [-0.3, -0.25) is 4.79 Å². The molecule has 0 aromatic heterocycles. The van der Waals surface area contributed by atoms with Gasteiger partial charge in [0.2, 0.25) is 6.29 Å². The summed E-state index contributed by atoms with van der Waals surface area (Å²) < 4.78 is 34.8. The van der Waals surface area contributed by atoms with E-state index in [9.17, 15) is 75.7 Å². The molecular weight excluding hydrogens is 913 g/mol. The number of esters is 1. The second-order valence-electron chi connectivity index (χ2n) is 23.3. The SMILES string of the molecule is CC1(C(=O)OC2OC(CO)C(O)C(O)C2O)CCC2(C)CCC3(C)C(=CCC4C5(C)CCC(OC6OC(C(=O)O)C(O)C(O)C6OC6OC(C(=O)O)C(O)C(O)C6O)C(C)(CO)C5CCC43C)C2C1. The van der Waals surface area contributed by atoms with Crippen molar-refractivity contribution >= 4 is 17.9 Å². The predicted molar refractivity (Wildman–Crippen MR) is 233 cm³/mol. The number of ether oxygens (including phenoxy) is 6. The van der Waals surface area contributed by atoms with Crippen molar-refractivity contribution in [1.29, 1.82) is 0 Å². The number of aliphatic hydroxyl groups excluding tert-OH is 10. The first kappa shape index (κ1) is 52.9. The van der Waals surface area contributed by atoms with Crippen molar-refractivity contribution < 1.29 is 104 Å². The van der Waals surface area contributed by atoms with Crippen LogP contribution in [0.15, 0.2) is 11.6 Å². The van der Waals surface area contributed by atoms with E-state index in [-0.39, 0.29) is 46.0 Å². The van der Waals surface area contributed by atoms with Gasteiger partial charge in [0.25, 0.3) is 0 Å². The molecule has 21 heteroatoms. The Kier molecular flexibility index (Phi) is 14.2. The molecule has 69 heavy (non-hydrogen) atoms. The lowest BCUT2D eigenvalue weighted by atomic mass is 9.33. The molecule has 0 spiro atoms. The van der Waals surface area contributed by atoms with Gasteiger partial charge in [-0.2, -0.15) is 0 Å². The minimum absolute atomic E-state index is 0.00474. The fraction of sp³-hybridized carbons (Fsp3) is 0.896. The zero-order valence-corrected chi connectivity index (χ0v) is 40.1. The van der Waals surface area contributed by atoms with E-state index in [1.54, 1.807) is 0 Å². The Hall–Kier alpha value is -2.45. The van der Waals surface area contributed by atoms with Crippen LogP contribution < -0.4 is 0 Å². The number of hydrogen-bond donors (Lipinski definition) is 12. The summed E-state index contributed by atoms with van der Waals surface area (Å²) in [5.41, 5.74) is -1.71. The van der Waals surface area contributed by atoms with E-state index in [1.165, 1.54) is 5.57 Å². The molecule has 5 aliphatic carbocycles. The molecule has 8 rings (SSSR count). The predicted octanol–water partition coefficient (Wildman–Crippen LogP) is -0.702. The van der Waals surface area contributed by atoms with Crippen molar-refractivity contribution in [2.24, 2.45) is 50.2 Å². The first-order valence-electron chi connectivity index (χ1n) is 24.5. The van der Waals surface area contributed by atoms with Gasteiger partial charge >= 0.3 is 17.9 Å². The van der Waals surface area contributed by atoms with Gasteiger partial charge in [0.1, 0.15) is 61.0 Å². The smallest absolute Gasteiger partial charge is 0.335 e. The second-order valence-corrected chi connectivity index (χ2v) is 23.3. The molecule has 3 heterocycles. The number of aliphatic carboxylic acids is 2. The van der Waals surface area contributed by atoms with Crippen LogP contribution in [0.1, 0.15) is 106 Å². The topological polar surface area (TPSA) is 349 Å². The molecule has 0 bridgehead atoms. The minimum atomic E-state index is -2.09. The number of hydrogen-bond acceptors (Lipinski definition) is 19. The molecule has 392 valence electrons. The third-order valence-corrected chi connectivity index (χ3v) is 19.7. The molecule has 7 fully saturated rings. The fourth-order valence-electron chi connectivity index (χ4n) is 15.0. The zero-order chi connectivity index (χ0) is 50.7. The van der Waals surface area contributed by atoms with Crippen molar-refractivity contribution in [3.8, 4) is 0 Å². The summed E-state index contributed by atoms with van der Waals surface area (Å²) in [6, 6.07) is 0. The number of aliphatic hydroxyl groups is 10. The van der Waals surface area contributed by atoms with Crippen LogP contribution in [0.5, 0.6) is 0 Å². The molecule has 0 aromatic carbocycles. The third-order valence-electron chi connectivity index (χ3n) is 19.7. The largest absolute Gasteiger partial charge is 0.479 e. The number of carboxylic acid groups (broad SMARTS) is 2. The van der Waals surface area contributed by atoms with Crippen LogP contribution in [-0.4, -0.2) is 191 Å². The maximum absolute atomic E-state index is 14.1. The normalized spacial score (nSPS) is 54.1. The summed E-state index contributed by atoms with van der Waals surface area (Å²) in [5, 5.41) is 126. The summed E-state index contributed by atoms with van der Waals surface area (Å²) in [6.07, 6.45) is -19.7. The van der Waals surface area contributed by atoms with Gasteiger partial charge in [0.15, 0.2) is 24.8 Å². The Labute approximate surface area is 400 Å². The van der Waals surface area contributed by atoms with Gasteiger partial charge in [0.05, 0.1) is 24.7 Å². The highest BCUT2D eigenvalue weighted by Crippen LogP contribution is 2.76. The molecule has 8 aliphatic rings. The van der Waals surface area contributed by atoms with Gasteiger partial charge in [-0.1, -0.05) is 46.3 Å². The molecule has 0 radical (unpaired) electrons. The average molecular weight is 987 g/mol. The Morgan fingerprint density at radius 2 is 1.23 bits per heavy atom. The maximum Gasteiger partial charge on any atom is 0.335 e. The van der Waals surface area contributed by atoms with Crippen molar-refractivity contribution in [2.75, 3.05) is 13.2 Å².